The van der Waals surface area contributed by atoms with Gasteiger partial charge in [0.25, 0.3) is 11.8 Å². The normalized spacial score (nSPS) is 12.0. The van der Waals surface area contributed by atoms with Gasteiger partial charge in [0.05, 0.1) is 0 Å². The molecule has 5 nitrogen and oxygen atoms in total. The molecule has 0 saturated carbocycles. The summed E-state index contributed by atoms with van der Waals surface area (Å²) in [4.78, 5) is 25.0. The highest BCUT2D eigenvalue weighted by Crippen LogP contribution is 2.23. The van der Waals surface area contributed by atoms with E-state index in [-0.39, 0.29) is 17.2 Å². The minimum absolute atomic E-state index is 0.0395. The predicted molar refractivity (Wildman–Crippen MR) is 129 cm³/mol. The van der Waals surface area contributed by atoms with Crippen LogP contribution >= 0.6 is 0 Å². The number of anilines is 2. The van der Waals surface area contributed by atoms with E-state index in [1.54, 1.807) is 31.2 Å². The monoisotopic (exact) mass is 430 g/mol. The highest BCUT2D eigenvalue weighted by molar-refractivity contribution is 6.04. The SMILES string of the molecule is Cc1cccc(O[C@H](C)C(=O)Nc2ccc(NC(=O)c3ccc(C(C)(C)C)cc3)cc2)c1. The quantitative estimate of drug-likeness (QED) is 0.508. The van der Waals surface area contributed by atoms with Crippen molar-refractivity contribution in [2.24, 2.45) is 0 Å². The highest BCUT2D eigenvalue weighted by atomic mass is 16.5. The fourth-order valence-electron chi connectivity index (χ4n) is 3.15. The van der Waals surface area contributed by atoms with Crippen LogP contribution in [0.15, 0.2) is 72.8 Å². The van der Waals surface area contributed by atoms with Gasteiger partial charge in [-0.1, -0.05) is 45.0 Å². The molecule has 0 aliphatic rings. The van der Waals surface area contributed by atoms with Crippen LogP contribution in [0, 0.1) is 6.92 Å². The molecule has 1 atom stereocenters. The molecule has 0 aliphatic carbocycles. The van der Waals surface area contributed by atoms with Crippen molar-refractivity contribution in [3.05, 3.63) is 89.5 Å². The van der Waals surface area contributed by atoms with Crippen molar-refractivity contribution in [3.63, 3.8) is 0 Å². The van der Waals surface area contributed by atoms with Gasteiger partial charge in [-0.05, 0) is 78.9 Å². The summed E-state index contributed by atoms with van der Waals surface area (Å²) in [5.74, 6) is 0.228. The molecular formula is C27H30N2O3. The number of ether oxygens (including phenoxy) is 1. The zero-order chi connectivity index (χ0) is 23.3. The third-order valence-electron chi connectivity index (χ3n) is 5.10. The van der Waals surface area contributed by atoms with E-state index < -0.39 is 6.10 Å². The van der Waals surface area contributed by atoms with Crippen LogP contribution in [0.3, 0.4) is 0 Å². The van der Waals surface area contributed by atoms with Crippen molar-refractivity contribution in [2.75, 3.05) is 10.6 Å². The van der Waals surface area contributed by atoms with Crippen molar-refractivity contribution in [3.8, 4) is 5.75 Å². The fourth-order valence-corrected chi connectivity index (χ4v) is 3.15. The molecule has 3 rings (SSSR count). The molecule has 0 saturated heterocycles. The van der Waals surface area contributed by atoms with E-state index in [0.717, 1.165) is 5.56 Å². The molecule has 166 valence electrons. The molecule has 0 aromatic heterocycles. The lowest BCUT2D eigenvalue weighted by Crippen LogP contribution is -2.30. The van der Waals surface area contributed by atoms with Gasteiger partial charge in [0.1, 0.15) is 5.75 Å². The number of aryl methyl sites for hydroxylation is 1. The van der Waals surface area contributed by atoms with Gasteiger partial charge in [0, 0.05) is 16.9 Å². The largest absolute Gasteiger partial charge is 0.481 e. The Kier molecular flexibility index (Phi) is 6.98. The van der Waals surface area contributed by atoms with E-state index in [0.29, 0.717) is 22.7 Å². The molecule has 3 aromatic rings. The summed E-state index contributed by atoms with van der Waals surface area (Å²) < 4.78 is 5.71. The minimum atomic E-state index is -0.646. The van der Waals surface area contributed by atoms with Gasteiger partial charge in [-0.15, -0.1) is 0 Å². The first-order valence-corrected chi connectivity index (χ1v) is 10.7. The molecule has 0 unspecified atom stereocenters. The van der Waals surface area contributed by atoms with Gasteiger partial charge in [-0.2, -0.15) is 0 Å². The molecule has 0 radical (unpaired) electrons. The zero-order valence-electron chi connectivity index (χ0n) is 19.2. The number of carbonyl (C=O) groups excluding carboxylic acids is 2. The summed E-state index contributed by atoms with van der Waals surface area (Å²) in [6, 6.07) is 22.2. The maximum Gasteiger partial charge on any atom is 0.265 e. The van der Waals surface area contributed by atoms with Crippen LogP contribution in [0.2, 0.25) is 0 Å². The maximum atomic E-state index is 12.5. The highest BCUT2D eigenvalue weighted by Gasteiger charge is 2.16. The van der Waals surface area contributed by atoms with E-state index in [4.69, 9.17) is 4.74 Å². The van der Waals surface area contributed by atoms with Crippen molar-refractivity contribution >= 4 is 23.2 Å². The first-order chi connectivity index (χ1) is 15.1. The third kappa shape index (κ3) is 6.20. The minimum Gasteiger partial charge on any atom is -0.481 e. The number of hydrogen-bond donors (Lipinski definition) is 2. The molecule has 3 aromatic carbocycles. The maximum absolute atomic E-state index is 12.5. The Morgan fingerprint density at radius 3 is 2.00 bits per heavy atom. The summed E-state index contributed by atoms with van der Waals surface area (Å²) in [6.07, 6.45) is -0.646. The second-order valence-corrected chi connectivity index (χ2v) is 8.92. The van der Waals surface area contributed by atoms with Crippen LogP contribution in [0.5, 0.6) is 5.75 Å². The average Bonchev–Trinajstić information content (AvgIpc) is 2.74. The Morgan fingerprint density at radius 1 is 0.844 bits per heavy atom. The Morgan fingerprint density at radius 2 is 1.44 bits per heavy atom. The summed E-state index contributed by atoms with van der Waals surface area (Å²) >= 11 is 0. The standard InChI is InChI=1S/C27H30N2O3/c1-18-7-6-8-24(17-18)32-19(2)25(30)28-22-13-15-23(16-14-22)29-26(31)20-9-11-21(12-10-20)27(3,4)5/h6-17,19H,1-5H3,(H,28,30)(H,29,31)/t19-/m1/s1. The third-order valence-corrected chi connectivity index (χ3v) is 5.10. The van der Waals surface area contributed by atoms with Crippen molar-refractivity contribution in [1.82, 2.24) is 0 Å². The number of carbonyl (C=O) groups is 2. The van der Waals surface area contributed by atoms with Crippen LogP contribution in [-0.4, -0.2) is 17.9 Å². The van der Waals surface area contributed by atoms with Crippen LogP contribution in [0.4, 0.5) is 11.4 Å². The van der Waals surface area contributed by atoms with Crippen LogP contribution in [-0.2, 0) is 10.2 Å². The average molecular weight is 431 g/mol. The van der Waals surface area contributed by atoms with Crippen molar-refractivity contribution in [2.45, 2.75) is 46.1 Å². The molecule has 0 fully saturated rings. The molecule has 5 heteroatoms. The van der Waals surface area contributed by atoms with Crippen molar-refractivity contribution < 1.29 is 14.3 Å². The molecule has 0 spiro atoms. The molecule has 0 aliphatic heterocycles. The van der Waals surface area contributed by atoms with Gasteiger partial charge < -0.3 is 15.4 Å². The first kappa shape index (κ1) is 23.1. The van der Waals surface area contributed by atoms with Crippen LogP contribution < -0.4 is 15.4 Å². The fraction of sp³-hybridized carbons (Fsp3) is 0.259. The lowest BCUT2D eigenvalue weighted by molar-refractivity contribution is -0.122. The number of nitrogens with one attached hydrogen (secondary N) is 2. The van der Waals surface area contributed by atoms with Gasteiger partial charge in [0.15, 0.2) is 6.10 Å². The summed E-state index contributed by atoms with van der Waals surface area (Å²) in [6.45, 7) is 10.1. The zero-order valence-corrected chi connectivity index (χ0v) is 19.2. The molecule has 32 heavy (non-hydrogen) atoms. The summed E-state index contributed by atoms with van der Waals surface area (Å²) in [7, 11) is 0. The van der Waals surface area contributed by atoms with Crippen LogP contribution in [0.25, 0.3) is 0 Å². The number of amides is 2. The smallest absolute Gasteiger partial charge is 0.265 e. The van der Waals surface area contributed by atoms with Gasteiger partial charge in [-0.3, -0.25) is 9.59 Å². The number of benzene rings is 3. The van der Waals surface area contributed by atoms with Crippen molar-refractivity contribution in [1.29, 1.82) is 0 Å². The van der Waals surface area contributed by atoms with Gasteiger partial charge >= 0.3 is 0 Å². The molecule has 0 bridgehead atoms. The van der Waals surface area contributed by atoms with E-state index in [1.807, 2.05) is 55.5 Å². The predicted octanol–water partition coefficient (Wildman–Crippen LogP) is 5.95. The number of rotatable bonds is 6. The topological polar surface area (TPSA) is 67.4 Å². The lowest BCUT2D eigenvalue weighted by Gasteiger charge is -2.19. The van der Waals surface area contributed by atoms with E-state index in [9.17, 15) is 9.59 Å². The molecule has 2 amide bonds. The Hall–Kier alpha value is -3.60. The first-order valence-electron chi connectivity index (χ1n) is 10.7. The second-order valence-electron chi connectivity index (χ2n) is 8.92. The number of hydrogen-bond acceptors (Lipinski definition) is 3. The molecule has 2 N–H and O–H groups in total. The second kappa shape index (κ2) is 9.69. The summed E-state index contributed by atoms with van der Waals surface area (Å²) in [5, 5.41) is 5.71. The molecule has 0 heterocycles. The van der Waals surface area contributed by atoms with E-state index in [2.05, 4.69) is 31.4 Å². The van der Waals surface area contributed by atoms with Crippen LogP contribution in [0.1, 0.15) is 49.2 Å². The lowest BCUT2D eigenvalue weighted by atomic mass is 9.87. The van der Waals surface area contributed by atoms with E-state index in [1.165, 1.54) is 5.56 Å². The van der Waals surface area contributed by atoms with Gasteiger partial charge in [0.2, 0.25) is 0 Å². The summed E-state index contributed by atoms with van der Waals surface area (Å²) in [5.41, 5.74) is 4.15. The van der Waals surface area contributed by atoms with Gasteiger partial charge in [-0.25, -0.2) is 0 Å². The Balaban J connectivity index is 1.56. The van der Waals surface area contributed by atoms with E-state index >= 15 is 0 Å². The molecular weight excluding hydrogens is 400 g/mol. The Labute approximate surface area is 189 Å². The Bertz CT molecular complexity index is 1080.